The molecule has 0 amide bonds. The van der Waals surface area contributed by atoms with Gasteiger partial charge in [0.25, 0.3) is 10.9 Å². The summed E-state index contributed by atoms with van der Waals surface area (Å²) in [7, 11) is 0. The molecule has 3 heterocycles. The van der Waals surface area contributed by atoms with E-state index in [0.717, 1.165) is 10.7 Å². The van der Waals surface area contributed by atoms with E-state index in [2.05, 4.69) is 15.2 Å². The van der Waals surface area contributed by atoms with Crippen molar-refractivity contribution in [2.75, 3.05) is 6.79 Å². The number of fused-ring (bicyclic) bond motifs is 1. The van der Waals surface area contributed by atoms with Gasteiger partial charge in [-0.15, -0.1) is 21.5 Å². The smallest absolute Gasteiger partial charge is 0.276 e. The third kappa shape index (κ3) is 4.10. The number of non-ortho nitro benzene ring substituents is 1. The minimum atomic E-state index is -0.427. The highest BCUT2D eigenvalue weighted by Gasteiger charge is 2.21. The number of benzene rings is 1. The Kier molecular flexibility index (Phi) is 5.05. The van der Waals surface area contributed by atoms with Crippen molar-refractivity contribution in [3.8, 4) is 5.75 Å². The maximum Gasteiger partial charge on any atom is 0.276 e. The fourth-order valence-corrected chi connectivity index (χ4v) is 4.00. The number of nitro benzene ring substituents is 1. The largest absolute Gasteiger partial charge is 0.467 e. The molecule has 27 heavy (non-hydrogen) atoms. The average molecular weight is 406 g/mol. The molecule has 0 radical (unpaired) electrons. The summed E-state index contributed by atoms with van der Waals surface area (Å²) in [5.41, 5.74) is 2.25. The lowest BCUT2D eigenvalue weighted by molar-refractivity contribution is -0.385. The van der Waals surface area contributed by atoms with Crippen molar-refractivity contribution in [3.05, 3.63) is 55.3 Å². The van der Waals surface area contributed by atoms with E-state index in [1.54, 1.807) is 11.3 Å². The van der Waals surface area contributed by atoms with Crippen molar-refractivity contribution in [2.24, 2.45) is 0 Å². The van der Waals surface area contributed by atoms with Gasteiger partial charge in [0.2, 0.25) is 5.89 Å². The number of hydrogen-bond donors (Lipinski definition) is 0. The second-order valence-corrected chi connectivity index (χ2v) is 7.73. The van der Waals surface area contributed by atoms with Gasteiger partial charge in [0.15, 0.2) is 6.79 Å². The zero-order chi connectivity index (χ0) is 18.8. The lowest BCUT2D eigenvalue weighted by Crippen LogP contribution is -2.13. The standard InChI is InChI=1S/C16H14N4O5S2/c1-9-17-12(7-26-9)4-14-18-19-16(25-14)27-6-11-3-13(20(21)22)2-10-5-23-8-24-15(10)11/h2-3,7H,4-6,8H2,1H3. The van der Waals surface area contributed by atoms with Crippen LogP contribution < -0.4 is 4.74 Å². The van der Waals surface area contributed by atoms with Crippen LogP contribution in [0.1, 0.15) is 27.7 Å². The van der Waals surface area contributed by atoms with Crippen LogP contribution in [0.25, 0.3) is 0 Å². The number of nitro groups is 1. The summed E-state index contributed by atoms with van der Waals surface area (Å²) in [6, 6.07) is 2.98. The summed E-state index contributed by atoms with van der Waals surface area (Å²) in [6.45, 7) is 2.35. The number of ether oxygens (including phenoxy) is 2. The van der Waals surface area contributed by atoms with E-state index in [-0.39, 0.29) is 19.1 Å². The number of thiazole rings is 1. The molecule has 0 fully saturated rings. The molecule has 140 valence electrons. The Morgan fingerprint density at radius 3 is 3.04 bits per heavy atom. The van der Waals surface area contributed by atoms with Gasteiger partial charge in [0, 0.05) is 34.4 Å². The van der Waals surface area contributed by atoms with Crippen LogP contribution in [0.5, 0.6) is 5.75 Å². The SMILES string of the molecule is Cc1nc(Cc2nnc(SCc3cc([N+](=O)[O-])cc4c3OCOC4)o2)cs1. The van der Waals surface area contributed by atoms with E-state index < -0.39 is 4.92 Å². The molecule has 0 spiro atoms. The van der Waals surface area contributed by atoms with E-state index in [0.29, 0.717) is 40.2 Å². The molecule has 0 saturated carbocycles. The Labute approximate surface area is 161 Å². The minimum Gasteiger partial charge on any atom is -0.467 e. The highest BCUT2D eigenvalue weighted by molar-refractivity contribution is 7.98. The van der Waals surface area contributed by atoms with Gasteiger partial charge in [0.05, 0.1) is 28.7 Å². The monoisotopic (exact) mass is 406 g/mol. The van der Waals surface area contributed by atoms with E-state index in [1.807, 2.05) is 12.3 Å². The summed E-state index contributed by atoms with van der Waals surface area (Å²) in [4.78, 5) is 15.1. The number of hydrogen-bond acceptors (Lipinski definition) is 10. The summed E-state index contributed by atoms with van der Waals surface area (Å²) in [5.74, 6) is 1.51. The third-order valence-corrected chi connectivity index (χ3v) is 5.47. The first-order valence-electron chi connectivity index (χ1n) is 7.95. The number of thioether (sulfide) groups is 1. The number of rotatable bonds is 6. The summed E-state index contributed by atoms with van der Waals surface area (Å²) < 4.78 is 16.4. The van der Waals surface area contributed by atoms with Crippen molar-refractivity contribution in [1.82, 2.24) is 15.2 Å². The quantitative estimate of drug-likeness (QED) is 0.345. The fraction of sp³-hybridized carbons (Fsp3) is 0.312. The van der Waals surface area contributed by atoms with Gasteiger partial charge in [-0.2, -0.15) is 0 Å². The molecule has 3 aromatic rings. The maximum absolute atomic E-state index is 11.2. The lowest BCUT2D eigenvalue weighted by Gasteiger charge is -2.20. The Hall–Kier alpha value is -2.50. The van der Waals surface area contributed by atoms with Crippen molar-refractivity contribution in [2.45, 2.75) is 30.9 Å². The Morgan fingerprint density at radius 1 is 1.37 bits per heavy atom. The van der Waals surface area contributed by atoms with Crippen LogP contribution in [0.15, 0.2) is 27.2 Å². The Morgan fingerprint density at radius 2 is 2.26 bits per heavy atom. The molecule has 0 N–H and O–H groups in total. The van der Waals surface area contributed by atoms with Crippen LogP contribution in [0, 0.1) is 17.0 Å². The van der Waals surface area contributed by atoms with Crippen LogP contribution in [0.3, 0.4) is 0 Å². The zero-order valence-corrected chi connectivity index (χ0v) is 15.8. The van der Waals surface area contributed by atoms with Gasteiger partial charge in [-0.05, 0) is 6.92 Å². The molecular weight excluding hydrogens is 392 g/mol. The van der Waals surface area contributed by atoms with Gasteiger partial charge in [-0.25, -0.2) is 4.98 Å². The molecule has 4 rings (SSSR count). The van der Waals surface area contributed by atoms with Crippen molar-refractivity contribution >= 4 is 28.8 Å². The second-order valence-electron chi connectivity index (χ2n) is 5.75. The first-order chi connectivity index (χ1) is 13.1. The number of aryl methyl sites for hydroxylation is 1. The highest BCUT2D eigenvalue weighted by Crippen LogP contribution is 2.36. The molecule has 1 aliphatic rings. The summed E-state index contributed by atoms with van der Waals surface area (Å²) >= 11 is 2.87. The zero-order valence-electron chi connectivity index (χ0n) is 14.2. The molecule has 0 bridgehead atoms. The van der Waals surface area contributed by atoms with Crippen molar-refractivity contribution in [3.63, 3.8) is 0 Å². The first-order valence-corrected chi connectivity index (χ1v) is 9.82. The molecule has 0 saturated heterocycles. The average Bonchev–Trinajstić information content (AvgIpc) is 3.28. The Bertz CT molecular complexity index is 987. The molecule has 9 nitrogen and oxygen atoms in total. The number of aromatic nitrogens is 3. The maximum atomic E-state index is 11.2. The van der Waals surface area contributed by atoms with E-state index in [4.69, 9.17) is 13.9 Å². The lowest BCUT2D eigenvalue weighted by atomic mass is 10.1. The van der Waals surface area contributed by atoms with Crippen LogP contribution >= 0.6 is 23.1 Å². The minimum absolute atomic E-state index is 0.00331. The molecule has 1 aliphatic heterocycles. The third-order valence-electron chi connectivity index (χ3n) is 3.78. The molecule has 0 atom stereocenters. The van der Waals surface area contributed by atoms with Crippen LogP contribution in [0.4, 0.5) is 5.69 Å². The van der Waals surface area contributed by atoms with Crippen molar-refractivity contribution < 1.29 is 18.8 Å². The van der Waals surface area contributed by atoms with Gasteiger partial charge in [-0.1, -0.05) is 11.8 Å². The molecule has 0 aliphatic carbocycles. The van der Waals surface area contributed by atoms with E-state index >= 15 is 0 Å². The second kappa shape index (κ2) is 7.62. The van der Waals surface area contributed by atoms with Gasteiger partial charge >= 0.3 is 0 Å². The Balaban J connectivity index is 1.48. The molecule has 11 heteroatoms. The molecule has 2 aromatic heterocycles. The van der Waals surface area contributed by atoms with Gasteiger partial charge in [-0.3, -0.25) is 10.1 Å². The molecular formula is C16H14N4O5S2. The van der Waals surface area contributed by atoms with E-state index in [9.17, 15) is 10.1 Å². The predicted octanol–water partition coefficient (Wildman–Crippen LogP) is 3.49. The summed E-state index contributed by atoms with van der Waals surface area (Å²) in [6.07, 6.45) is 0.477. The van der Waals surface area contributed by atoms with Crippen LogP contribution in [-0.2, 0) is 23.5 Å². The molecule has 1 aromatic carbocycles. The topological polar surface area (TPSA) is 113 Å². The first kappa shape index (κ1) is 17.9. The molecule has 0 unspecified atom stereocenters. The van der Waals surface area contributed by atoms with E-state index in [1.165, 1.54) is 23.9 Å². The van der Waals surface area contributed by atoms with Crippen LogP contribution in [-0.4, -0.2) is 26.9 Å². The highest BCUT2D eigenvalue weighted by atomic mass is 32.2. The predicted molar refractivity (Wildman–Crippen MR) is 96.9 cm³/mol. The van der Waals surface area contributed by atoms with Gasteiger partial charge in [0.1, 0.15) is 5.75 Å². The summed E-state index contributed by atoms with van der Waals surface area (Å²) in [5, 5.41) is 22.6. The van der Waals surface area contributed by atoms with Gasteiger partial charge < -0.3 is 13.9 Å². The normalized spacial score (nSPS) is 13.2. The van der Waals surface area contributed by atoms with Crippen molar-refractivity contribution in [1.29, 1.82) is 0 Å². The number of nitrogens with zero attached hydrogens (tertiary/aromatic N) is 4. The van der Waals surface area contributed by atoms with Crippen LogP contribution in [0.2, 0.25) is 0 Å². The fourth-order valence-electron chi connectivity index (χ4n) is 2.65.